The highest BCUT2D eigenvalue weighted by atomic mass is 32.1. The van der Waals surface area contributed by atoms with Crippen molar-refractivity contribution in [1.29, 1.82) is 0 Å². The SMILES string of the molecule is CO[C@@H](C(=O)Nc1nnc(CC2CCN(c3cccnn3)CC2)s1)c1cc(C)ccc1F. The molecular formula is C22H25FN6O2S. The molecule has 0 radical (unpaired) electrons. The van der Waals surface area contributed by atoms with Crippen LogP contribution in [0.25, 0.3) is 0 Å². The maximum Gasteiger partial charge on any atom is 0.260 e. The van der Waals surface area contributed by atoms with E-state index in [9.17, 15) is 9.18 Å². The first-order chi connectivity index (χ1) is 15.5. The zero-order valence-corrected chi connectivity index (χ0v) is 18.8. The molecule has 32 heavy (non-hydrogen) atoms. The second-order valence-corrected chi connectivity index (χ2v) is 8.91. The van der Waals surface area contributed by atoms with Gasteiger partial charge in [0.1, 0.15) is 10.8 Å². The van der Waals surface area contributed by atoms with Crippen LogP contribution in [0.15, 0.2) is 36.5 Å². The number of halogens is 1. The van der Waals surface area contributed by atoms with Gasteiger partial charge in [0.25, 0.3) is 5.91 Å². The third kappa shape index (κ3) is 5.25. The average Bonchev–Trinajstić information content (AvgIpc) is 3.24. The average molecular weight is 457 g/mol. The summed E-state index contributed by atoms with van der Waals surface area (Å²) in [6.07, 6.45) is 3.47. The summed E-state index contributed by atoms with van der Waals surface area (Å²) in [4.78, 5) is 14.9. The fraction of sp³-hybridized carbons (Fsp3) is 0.409. The lowest BCUT2D eigenvalue weighted by atomic mass is 9.94. The van der Waals surface area contributed by atoms with Crippen LogP contribution in [0.3, 0.4) is 0 Å². The molecule has 0 unspecified atom stereocenters. The Hall–Kier alpha value is -2.98. The molecule has 8 nitrogen and oxygen atoms in total. The van der Waals surface area contributed by atoms with E-state index in [0.29, 0.717) is 11.0 Å². The van der Waals surface area contributed by atoms with Crippen LogP contribution in [0.4, 0.5) is 15.3 Å². The van der Waals surface area contributed by atoms with E-state index in [1.807, 2.05) is 19.1 Å². The second kappa shape index (κ2) is 10.1. The Balaban J connectivity index is 1.33. The van der Waals surface area contributed by atoms with Crippen LogP contribution in [0.2, 0.25) is 0 Å². The molecule has 0 aliphatic carbocycles. The molecule has 3 heterocycles. The number of nitrogens with zero attached hydrogens (tertiary/aromatic N) is 5. The van der Waals surface area contributed by atoms with Gasteiger partial charge in [-0.1, -0.05) is 29.0 Å². The first kappa shape index (κ1) is 22.2. The van der Waals surface area contributed by atoms with Crippen LogP contribution in [0, 0.1) is 18.7 Å². The largest absolute Gasteiger partial charge is 0.367 e. The van der Waals surface area contributed by atoms with E-state index in [0.717, 1.165) is 48.7 Å². The fourth-order valence-corrected chi connectivity index (χ4v) is 4.73. The smallest absolute Gasteiger partial charge is 0.260 e. The van der Waals surface area contributed by atoms with Gasteiger partial charge in [-0.15, -0.1) is 15.3 Å². The van der Waals surface area contributed by atoms with Crippen molar-refractivity contribution in [2.75, 3.05) is 30.4 Å². The van der Waals surface area contributed by atoms with Crippen molar-refractivity contribution >= 4 is 28.2 Å². The summed E-state index contributed by atoms with van der Waals surface area (Å²) in [5.74, 6) is 0.442. The molecule has 1 aromatic carbocycles. The van der Waals surface area contributed by atoms with Gasteiger partial charge in [0.05, 0.1) is 0 Å². The van der Waals surface area contributed by atoms with Gasteiger partial charge in [-0.25, -0.2) is 4.39 Å². The molecule has 10 heteroatoms. The lowest BCUT2D eigenvalue weighted by Crippen LogP contribution is -2.34. The van der Waals surface area contributed by atoms with E-state index in [4.69, 9.17) is 4.74 Å². The maximum absolute atomic E-state index is 14.2. The lowest BCUT2D eigenvalue weighted by Gasteiger charge is -2.32. The highest BCUT2D eigenvalue weighted by Gasteiger charge is 2.26. The second-order valence-electron chi connectivity index (χ2n) is 7.85. The minimum absolute atomic E-state index is 0.199. The summed E-state index contributed by atoms with van der Waals surface area (Å²) in [6, 6.07) is 8.47. The van der Waals surface area contributed by atoms with E-state index < -0.39 is 17.8 Å². The molecule has 3 aromatic rings. The van der Waals surface area contributed by atoms with Gasteiger partial charge in [-0.05, 0) is 43.9 Å². The molecule has 1 N–H and O–H groups in total. The van der Waals surface area contributed by atoms with Gasteiger partial charge >= 0.3 is 0 Å². The number of hydrogen-bond donors (Lipinski definition) is 1. The number of piperidine rings is 1. The fourth-order valence-electron chi connectivity index (χ4n) is 3.87. The van der Waals surface area contributed by atoms with Gasteiger partial charge in [0, 0.05) is 38.4 Å². The predicted octanol–water partition coefficient (Wildman–Crippen LogP) is 3.56. The molecule has 2 aromatic heterocycles. The summed E-state index contributed by atoms with van der Waals surface area (Å²) in [6.45, 7) is 3.68. The molecule has 1 aliphatic heterocycles. The van der Waals surface area contributed by atoms with Gasteiger partial charge < -0.3 is 9.64 Å². The zero-order chi connectivity index (χ0) is 22.5. The van der Waals surface area contributed by atoms with Gasteiger partial charge in [-0.2, -0.15) is 5.10 Å². The molecule has 1 aliphatic rings. The Morgan fingerprint density at radius 2 is 2.09 bits per heavy atom. The molecule has 4 rings (SSSR count). The molecule has 1 fully saturated rings. The number of anilines is 2. The minimum atomic E-state index is -1.06. The molecule has 0 bridgehead atoms. The monoisotopic (exact) mass is 456 g/mol. The van der Waals surface area contributed by atoms with E-state index in [1.165, 1.54) is 24.5 Å². The highest BCUT2D eigenvalue weighted by molar-refractivity contribution is 7.15. The topological polar surface area (TPSA) is 93.1 Å². The third-order valence-corrected chi connectivity index (χ3v) is 6.43. The summed E-state index contributed by atoms with van der Waals surface area (Å²) in [5.41, 5.74) is 1.05. The number of rotatable bonds is 7. The summed E-state index contributed by atoms with van der Waals surface area (Å²) in [5, 5.41) is 20.4. The summed E-state index contributed by atoms with van der Waals surface area (Å²) in [7, 11) is 1.38. The molecule has 0 spiro atoms. The van der Waals surface area contributed by atoms with Crippen LogP contribution in [0.1, 0.15) is 35.1 Å². The van der Waals surface area contributed by atoms with E-state index in [1.54, 1.807) is 18.3 Å². The van der Waals surface area contributed by atoms with Gasteiger partial charge in [0.15, 0.2) is 11.9 Å². The normalized spacial score (nSPS) is 15.5. The summed E-state index contributed by atoms with van der Waals surface area (Å²) < 4.78 is 19.5. The molecule has 1 atom stereocenters. The number of carbonyl (C=O) groups excluding carboxylic acids is 1. The number of methoxy groups -OCH3 is 1. The van der Waals surface area contributed by atoms with Crippen molar-refractivity contribution in [2.24, 2.45) is 5.92 Å². The first-order valence-corrected chi connectivity index (χ1v) is 11.3. The Bertz CT molecular complexity index is 1060. The lowest BCUT2D eigenvalue weighted by molar-refractivity contribution is -0.126. The Morgan fingerprint density at radius 1 is 1.28 bits per heavy atom. The highest BCUT2D eigenvalue weighted by Crippen LogP contribution is 2.28. The van der Waals surface area contributed by atoms with E-state index in [-0.39, 0.29) is 5.56 Å². The third-order valence-electron chi connectivity index (χ3n) is 5.56. The molecule has 1 saturated heterocycles. The molecule has 168 valence electrons. The number of nitrogens with one attached hydrogen (secondary N) is 1. The standard InChI is InChI=1S/C22H25FN6O2S/c1-14-5-6-17(23)16(12-14)20(31-2)21(30)25-22-28-27-19(32-22)13-15-7-10-29(11-8-15)18-4-3-9-24-26-18/h3-6,9,12,15,20H,7-8,10-11,13H2,1-2H3,(H,25,28,30)/t20-/m1/s1. The van der Waals surface area contributed by atoms with Crippen LogP contribution in [-0.2, 0) is 16.0 Å². The number of aromatic nitrogens is 4. The van der Waals surface area contributed by atoms with Gasteiger partial charge in [0.2, 0.25) is 5.13 Å². The number of hydrogen-bond acceptors (Lipinski definition) is 8. The van der Waals surface area contributed by atoms with Crippen molar-refractivity contribution in [3.8, 4) is 0 Å². The number of carbonyl (C=O) groups is 1. The number of benzene rings is 1. The first-order valence-electron chi connectivity index (χ1n) is 10.5. The van der Waals surface area contributed by atoms with Crippen LogP contribution >= 0.6 is 11.3 Å². The Kier molecular flexibility index (Phi) is 7.01. The Labute approximate surface area is 189 Å². The summed E-state index contributed by atoms with van der Waals surface area (Å²) >= 11 is 1.34. The van der Waals surface area contributed by atoms with Crippen LogP contribution < -0.4 is 10.2 Å². The number of amides is 1. The van der Waals surface area contributed by atoms with E-state index >= 15 is 0 Å². The van der Waals surface area contributed by atoms with Crippen molar-refractivity contribution in [2.45, 2.75) is 32.3 Å². The van der Waals surface area contributed by atoms with Crippen molar-refractivity contribution in [3.05, 3.63) is 58.5 Å². The van der Waals surface area contributed by atoms with E-state index in [2.05, 4.69) is 30.6 Å². The maximum atomic E-state index is 14.2. The van der Waals surface area contributed by atoms with Crippen LogP contribution in [-0.4, -0.2) is 46.5 Å². The molecular weight excluding hydrogens is 431 g/mol. The number of aryl methyl sites for hydroxylation is 1. The van der Waals surface area contributed by atoms with Crippen molar-refractivity contribution in [3.63, 3.8) is 0 Å². The predicted molar refractivity (Wildman–Crippen MR) is 120 cm³/mol. The van der Waals surface area contributed by atoms with Crippen LogP contribution in [0.5, 0.6) is 0 Å². The Morgan fingerprint density at radius 3 is 2.81 bits per heavy atom. The van der Waals surface area contributed by atoms with Gasteiger partial charge in [-0.3, -0.25) is 10.1 Å². The van der Waals surface area contributed by atoms with Crippen molar-refractivity contribution in [1.82, 2.24) is 20.4 Å². The minimum Gasteiger partial charge on any atom is -0.367 e. The molecule has 1 amide bonds. The molecule has 0 saturated carbocycles. The zero-order valence-electron chi connectivity index (χ0n) is 18.0. The quantitative estimate of drug-likeness (QED) is 0.581. The number of ether oxygens (including phenoxy) is 1. The van der Waals surface area contributed by atoms with Crippen molar-refractivity contribution < 1.29 is 13.9 Å².